The molecule has 2 rings (SSSR count). The maximum Gasteiger partial charge on any atom is 0.0893 e. The molecular formula is C14H19ClN4O. The minimum Gasteiger partial charge on any atom is -0.383 e. The number of benzene rings is 1. The lowest BCUT2D eigenvalue weighted by molar-refractivity contribution is 0.182. The summed E-state index contributed by atoms with van der Waals surface area (Å²) in [6.07, 6.45) is 1.63. The second-order valence-corrected chi connectivity index (χ2v) is 5.01. The quantitative estimate of drug-likeness (QED) is 0.632. The Morgan fingerprint density at radius 1 is 1.40 bits per heavy atom. The molecule has 0 aliphatic rings. The normalized spacial score (nSPS) is 12.6. The molecule has 1 aromatic carbocycles. The fourth-order valence-corrected chi connectivity index (χ4v) is 2.36. The third kappa shape index (κ3) is 3.19. The van der Waals surface area contributed by atoms with Crippen molar-refractivity contribution < 1.29 is 4.74 Å². The number of aryl methyl sites for hydroxylation is 1. The molecule has 0 aliphatic heterocycles. The van der Waals surface area contributed by atoms with E-state index in [1.165, 1.54) is 5.56 Å². The lowest BCUT2D eigenvalue weighted by Gasteiger charge is -2.19. The van der Waals surface area contributed by atoms with E-state index in [1.807, 2.05) is 35.9 Å². The molecule has 6 heteroatoms. The molecule has 2 aromatic rings. The molecule has 0 bridgehead atoms. The third-order valence-corrected chi connectivity index (χ3v) is 3.48. The Morgan fingerprint density at radius 3 is 2.70 bits per heavy atom. The van der Waals surface area contributed by atoms with Crippen molar-refractivity contribution in [1.29, 1.82) is 0 Å². The number of nitrogens with zero attached hydrogens (tertiary/aromatic N) is 2. The lowest BCUT2D eigenvalue weighted by Crippen LogP contribution is -2.31. The summed E-state index contributed by atoms with van der Waals surface area (Å²) >= 11 is 6.26. The molecule has 0 radical (unpaired) electrons. The van der Waals surface area contributed by atoms with Crippen LogP contribution in [-0.2, 0) is 11.3 Å². The molecule has 1 heterocycles. The van der Waals surface area contributed by atoms with Gasteiger partial charge in [-0.1, -0.05) is 41.4 Å². The van der Waals surface area contributed by atoms with E-state index in [9.17, 15) is 0 Å². The molecule has 5 nitrogen and oxygen atoms in total. The van der Waals surface area contributed by atoms with Crippen molar-refractivity contribution in [3.63, 3.8) is 0 Å². The Hall–Kier alpha value is -1.40. The van der Waals surface area contributed by atoms with Gasteiger partial charge in [0.05, 0.1) is 36.1 Å². The van der Waals surface area contributed by atoms with E-state index in [0.29, 0.717) is 18.2 Å². The van der Waals surface area contributed by atoms with Crippen molar-refractivity contribution in [3.8, 4) is 0 Å². The van der Waals surface area contributed by atoms with E-state index in [-0.39, 0.29) is 6.04 Å². The molecule has 3 N–H and O–H groups in total. The predicted octanol–water partition coefficient (Wildman–Crippen LogP) is 2.04. The first-order valence-corrected chi connectivity index (χ1v) is 6.78. The van der Waals surface area contributed by atoms with Gasteiger partial charge in [0.2, 0.25) is 0 Å². The third-order valence-electron chi connectivity index (χ3n) is 3.19. The van der Waals surface area contributed by atoms with Crippen LogP contribution in [0.3, 0.4) is 0 Å². The van der Waals surface area contributed by atoms with Crippen LogP contribution < -0.4 is 11.3 Å². The zero-order chi connectivity index (χ0) is 14.5. The molecule has 0 saturated carbocycles. The molecule has 0 aliphatic carbocycles. The van der Waals surface area contributed by atoms with Gasteiger partial charge in [-0.2, -0.15) is 5.10 Å². The maximum atomic E-state index is 6.26. The highest BCUT2D eigenvalue weighted by Gasteiger charge is 2.21. The van der Waals surface area contributed by atoms with Gasteiger partial charge in [-0.15, -0.1) is 0 Å². The molecule has 108 valence electrons. The summed E-state index contributed by atoms with van der Waals surface area (Å²) in [5.41, 5.74) is 5.89. The Morgan fingerprint density at radius 2 is 2.10 bits per heavy atom. The van der Waals surface area contributed by atoms with Crippen molar-refractivity contribution in [2.24, 2.45) is 5.84 Å². The number of hydrogen-bond acceptors (Lipinski definition) is 4. The van der Waals surface area contributed by atoms with Crippen molar-refractivity contribution in [2.45, 2.75) is 19.5 Å². The van der Waals surface area contributed by atoms with Crippen LogP contribution in [0.15, 0.2) is 30.5 Å². The van der Waals surface area contributed by atoms with Gasteiger partial charge in [-0.25, -0.2) is 5.43 Å². The van der Waals surface area contributed by atoms with Gasteiger partial charge >= 0.3 is 0 Å². The predicted molar refractivity (Wildman–Crippen MR) is 79.5 cm³/mol. The van der Waals surface area contributed by atoms with E-state index >= 15 is 0 Å². The second-order valence-electron chi connectivity index (χ2n) is 4.60. The summed E-state index contributed by atoms with van der Waals surface area (Å²) in [7, 11) is 1.66. The van der Waals surface area contributed by atoms with Gasteiger partial charge in [0.1, 0.15) is 0 Å². The molecule has 1 unspecified atom stereocenters. The van der Waals surface area contributed by atoms with Gasteiger partial charge < -0.3 is 4.74 Å². The van der Waals surface area contributed by atoms with Gasteiger partial charge in [0.15, 0.2) is 0 Å². The average Bonchev–Trinajstić information content (AvgIpc) is 2.81. The monoisotopic (exact) mass is 294 g/mol. The maximum absolute atomic E-state index is 6.26. The topological polar surface area (TPSA) is 65.1 Å². The Labute approximate surface area is 123 Å². The highest BCUT2D eigenvalue weighted by molar-refractivity contribution is 6.31. The molecule has 20 heavy (non-hydrogen) atoms. The van der Waals surface area contributed by atoms with Crippen molar-refractivity contribution in [3.05, 3.63) is 52.3 Å². The summed E-state index contributed by atoms with van der Waals surface area (Å²) in [5, 5.41) is 4.86. The largest absolute Gasteiger partial charge is 0.383 e. The van der Waals surface area contributed by atoms with Crippen LogP contribution in [0.4, 0.5) is 0 Å². The molecular weight excluding hydrogens is 276 g/mol. The standard InChI is InChI=1S/C14H19ClN4O/c1-10-3-5-11(6-4-10)13(18-16)14-12(15)9-17-19(14)7-8-20-2/h3-6,9,13,18H,7-8,16H2,1-2H3. The molecule has 1 aromatic heterocycles. The summed E-state index contributed by atoms with van der Waals surface area (Å²) in [6, 6.07) is 7.95. The van der Waals surface area contributed by atoms with Crippen molar-refractivity contribution >= 4 is 11.6 Å². The van der Waals surface area contributed by atoms with Crippen LogP contribution in [-0.4, -0.2) is 23.5 Å². The average molecular weight is 295 g/mol. The van der Waals surface area contributed by atoms with Crippen LogP contribution in [0.5, 0.6) is 0 Å². The van der Waals surface area contributed by atoms with Crippen LogP contribution in [0.1, 0.15) is 22.9 Å². The fraction of sp³-hybridized carbons (Fsp3) is 0.357. The van der Waals surface area contributed by atoms with Crippen LogP contribution >= 0.6 is 11.6 Å². The molecule has 1 atom stereocenters. The summed E-state index contributed by atoms with van der Waals surface area (Å²) < 4.78 is 6.90. The number of hydrogen-bond donors (Lipinski definition) is 2. The number of aromatic nitrogens is 2. The summed E-state index contributed by atoms with van der Waals surface area (Å²) in [5.74, 6) is 5.72. The minimum absolute atomic E-state index is 0.206. The summed E-state index contributed by atoms with van der Waals surface area (Å²) in [6.45, 7) is 3.24. The number of halogens is 1. The number of nitrogens with one attached hydrogen (secondary N) is 1. The highest BCUT2D eigenvalue weighted by Crippen LogP contribution is 2.27. The second kappa shape index (κ2) is 6.85. The number of hydrazine groups is 1. The summed E-state index contributed by atoms with van der Waals surface area (Å²) in [4.78, 5) is 0. The van der Waals surface area contributed by atoms with E-state index in [4.69, 9.17) is 22.2 Å². The molecule has 0 saturated heterocycles. The van der Waals surface area contributed by atoms with E-state index in [0.717, 1.165) is 11.3 Å². The number of nitrogens with two attached hydrogens (primary N) is 1. The smallest absolute Gasteiger partial charge is 0.0893 e. The van der Waals surface area contributed by atoms with Gasteiger partial charge in [-0.05, 0) is 12.5 Å². The zero-order valence-corrected chi connectivity index (χ0v) is 12.4. The Bertz CT molecular complexity index is 553. The van der Waals surface area contributed by atoms with Crippen LogP contribution in [0, 0.1) is 6.92 Å². The van der Waals surface area contributed by atoms with Gasteiger partial charge in [0, 0.05) is 7.11 Å². The van der Waals surface area contributed by atoms with Gasteiger partial charge in [-0.3, -0.25) is 10.5 Å². The van der Waals surface area contributed by atoms with Crippen LogP contribution in [0.25, 0.3) is 0 Å². The van der Waals surface area contributed by atoms with Crippen molar-refractivity contribution in [2.75, 3.05) is 13.7 Å². The first-order valence-electron chi connectivity index (χ1n) is 6.40. The van der Waals surface area contributed by atoms with E-state index < -0.39 is 0 Å². The zero-order valence-electron chi connectivity index (χ0n) is 11.6. The number of ether oxygens (including phenoxy) is 1. The number of methoxy groups -OCH3 is 1. The lowest BCUT2D eigenvalue weighted by atomic mass is 10.0. The first-order chi connectivity index (χ1) is 9.67. The highest BCUT2D eigenvalue weighted by atomic mass is 35.5. The van der Waals surface area contributed by atoms with Gasteiger partial charge in [0.25, 0.3) is 0 Å². The van der Waals surface area contributed by atoms with E-state index in [2.05, 4.69) is 10.5 Å². The Kier molecular flexibility index (Phi) is 5.14. The Balaban J connectivity index is 2.35. The van der Waals surface area contributed by atoms with Crippen molar-refractivity contribution in [1.82, 2.24) is 15.2 Å². The molecule has 0 spiro atoms. The van der Waals surface area contributed by atoms with E-state index in [1.54, 1.807) is 13.3 Å². The minimum atomic E-state index is -0.206. The molecule has 0 fully saturated rings. The fourth-order valence-electron chi connectivity index (χ4n) is 2.11. The SMILES string of the molecule is COCCn1ncc(Cl)c1C(NN)c1ccc(C)cc1. The number of rotatable bonds is 6. The first kappa shape index (κ1) is 15.0. The molecule has 0 amide bonds. The van der Waals surface area contributed by atoms with Crippen LogP contribution in [0.2, 0.25) is 5.02 Å².